The molecule has 1 aromatic carbocycles. The number of ketones is 1. The Hall–Kier alpha value is -1.39. The summed E-state index contributed by atoms with van der Waals surface area (Å²) in [5, 5.41) is 5.77. The molecular weight excluding hydrogens is 192 g/mol. The summed E-state index contributed by atoms with van der Waals surface area (Å²) in [7, 11) is 5.05. The first kappa shape index (κ1) is 11.7. The largest absolute Gasteiger partial charge is 0.497 e. The van der Waals surface area contributed by atoms with Gasteiger partial charge in [-0.25, -0.2) is 0 Å². The van der Waals surface area contributed by atoms with Crippen LogP contribution in [-0.2, 0) is 0 Å². The van der Waals surface area contributed by atoms with Crippen molar-refractivity contribution in [3.05, 3.63) is 29.8 Å². The second kappa shape index (κ2) is 5.48. The van der Waals surface area contributed by atoms with Crippen LogP contribution in [0.25, 0.3) is 0 Å². The molecule has 0 spiro atoms. The van der Waals surface area contributed by atoms with Gasteiger partial charge in [-0.15, -0.1) is 0 Å². The van der Waals surface area contributed by atoms with E-state index in [1.54, 1.807) is 39.4 Å². The summed E-state index contributed by atoms with van der Waals surface area (Å²) in [5.41, 5.74) is 0.628. The molecule has 0 saturated carbocycles. The molecule has 15 heavy (non-hydrogen) atoms. The van der Waals surface area contributed by atoms with Gasteiger partial charge < -0.3 is 4.74 Å². The number of ether oxygens (including phenoxy) is 1. The number of likely N-dealkylation sites (N-methyl/N-ethyl adjacent to an activating group) is 2. The minimum atomic E-state index is -0.364. The Balaban J connectivity index is 2.90. The highest BCUT2D eigenvalue weighted by Gasteiger charge is 2.16. The molecule has 0 aromatic heterocycles. The number of methoxy groups -OCH3 is 1. The average molecular weight is 208 g/mol. The second-order valence-electron chi connectivity index (χ2n) is 3.11. The Bertz CT molecular complexity index is 335. The Kier molecular flexibility index (Phi) is 4.27. The van der Waals surface area contributed by atoms with E-state index >= 15 is 0 Å². The average Bonchev–Trinajstić information content (AvgIpc) is 2.30. The van der Waals surface area contributed by atoms with Crippen molar-refractivity contribution in [2.45, 2.75) is 6.17 Å². The van der Waals surface area contributed by atoms with Crippen molar-refractivity contribution in [2.24, 2.45) is 0 Å². The summed E-state index contributed by atoms with van der Waals surface area (Å²) < 4.78 is 5.06. The zero-order valence-electron chi connectivity index (χ0n) is 9.20. The molecule has 0 aliphatic carbocycles. The van der Waals surface area contributed by atoms with Crippen molar-refractivity contribution >= 4 is 5.78 Å². The lowest BCUT2D eigenvalue weighted by Gasteiger charge is -2.13. The van der Waals surface area contributed by atoms with E-state index in [9.17, 15) is 4.79 Å². The summed E-state index contributed by atoms with van der Waals surface area (Å²) in [6.45, 7) is 0. The molecule has 0 unspecified atom stereocenters. The van der Waals surface area contributed by atoms with Crippen LogP contribution in [0, 0.1) is 0 Å². The topological polar surface area (TPSA) is 50.4 Å². The molecule has 0 bridgehead atoms. The quantitative estimate of drug-likeness (QED) is 0.551. The van der Waals surface area contributed by atoms with E-state index in [2.05, 4.69) is 10.6 Å². The van der Waals surface area contributed by atoms with Crippen LogP contribution < -0.4 is 15.4 Å². The lowest BCUT2D eigenvalue weighted by Crippen LogP contribution is -2.44. The van der Waals surface area contributed by atoms with Crippen molar-refractivity contribution in [3.63, 3.8) is 0 Å². The number of nitrogens with one attached hydrogen (secondary N) is 2. The van der Waals surface area contributed by atoms with Crippen molar-refractivity contribution < 1.29 is 9.53 Å². The third-order valence-electron chi connectivity index (χ3n) is 2.19. The first-order chi connectivity index (χ1) is 7.22. The number of hydrogen-bond acceptors (Lipinski definition) is 4. The van der Waals surface area contributed by atoms with Crippen molar-refractivity contribution in [1.29, 1.82) is 0 Å². The van der Waals surface area contributed by atoms with E-state index in [4.69, 9.17) is 4.74 Å². The maximum absolute atomic E-state index is 11.9. The molecule has 4 heteroatoms. The lowest BCUT2D eigenvalue weighted by molar-refractivity contribution is 0.0933. The zero-order valence-corrected chi connectivity index (χ0v) is 9.20. The van der Waals surface area contributed by atoms with Crippen LogP contribution in [0.3, 0.4) is 0 Å². The number of benzene rings is 1. The van der Waals surface area contributed by atoms with Crippen molar-refractivity contribution in [1.82, 2.24) is 10.6 Å². The van der Waals surface area contributed by atoms with Crippen LogP contribution in [-0.4, -0.2) is 33.2 Å². The van der Waals surface area contributed by atoms with E-state index in [1.165, 1.54) is 0 Å². The monoisotopic (exact) mass is 208 g/mol. The SMILES string of the molecule is CNC(NC)C(=O)c1cccc(OC)c1. The molecule has 1 rings (SSSR count). The van der Waals surface area contributed by atoms with Gasteiger partial charge in [0.25, 0.3) is 0 Å². The van der Waals surface area contributed by atoms with Gasteiger partial charge in [-0.3, -0.25) is 15.4 Å². The van der Waals surface area contributed by atoms with Gasteiger partial charge in [0, 0.05) is 5.56 Å². The standard InChI is InChI=1S/C11H16N2O2/c1-12-11(13-2)10(14)8-5-4-6-9(7-8)15-3/h4-7,11-13H,1-3H3. The molecule has 0 heterocycles. The van der Waals surface area contributed by atoms with E-state index in [-0.39, 0.29) is 11.9 Å². The molecule has 0 aliphatic heterocycles. The highest BCUT2D eigenvalue weighted by atomic mass is 16.5. The van der Waals surface area contributed by atoms with Gasteiger partial charge >= 0.3 is 0 Å². The van der Waals surface area contributed by atoms with Crippen molar-refractivity contribution in [2.75, 3.05) is 21.2 Å². The van der Waals surface area contributed by atoms with Crippen LogP contribution >= 0.6 is 0 Å². The van der Waals surface area contributed by atoms with Gasteiger partial charge in [0.2, 0.25) is 0 Å². The fourth-order valence-electron chi connectivity index (χ4n) is 1.35. The molecule has 0 aliphatic rings. The highest BCUT2D eigenvalue weighted by Crippen LogP contribution is 2.13. The molecule has 4 nitrogen and oxygen atoms in total. The van der Waals surface area contributed by atoms with E-state index in [1.807, 2.05) is 6.07 Å². The van der Waals surface area contributed by atoms with Crippen LogP contribution in [0.2, 0.25) is 0 Å². The third-order valence-corrected chi connectivity index (χ3v) is 2.19. The molecule has 0 fully saturated rings. The maximum Gasteiger partial charge on any atom is 0.194 e. The fourth-order valence-corrected chi connectivity index (χ4v) is 1.35. The maximum atomic E-state index is 11.9. The summed E-state index contributed by atoms with van der Waals surface area (Å²) in [6.07, 6.45) is -0.364. The normalized spacial score (nSPS) is 10.4. The zero-order chi connectivity index (χ0) is 11.3. The number of carbonyl (C=O) groups is 1. The van der Waals surface area contributed by atoms with Crippen LogP contribution in [0.4, 0.5) is 0 Å². The van der Waals surface area contributed by atoms with Gasteiger partial charge in [0.1, 0.15) is 11.9 Å². The van der Waals surface area contributed by atoms with Gasteiger partial charge in [0.15, 0.2) is 5.78 Å². The lowest BCUT2D eigenvalue weighted by atomic mass is 10.1. The Morgan fingerprint density at radius 2 is 2.00 bits per heavy atom. The van der Waals surface area contributed by atoms with E-state index in [0.29, 0.717) is 11.3 Å². The molecular formula is C11H16N2O2. The molecule has 0 amide bonds. The molecule has 0 saturated heterocycles. The minimum Gasteiger partial charge on any atom is -0.497 e. The van der Waals surface area contributed by atoms with Gasteiger partial charge in [0.05, 0.1) is 7.11 Å². The third kappa shape index (κ3) is 2.78. The summed E-state index contributed by atoms with van der Waals surface area (Å²) in [6, 6.07) is 7.11. The molecule has 0 atom stereocenters. The van der Waals surface area contributed by atoms with Crippen LogP contribution in [0.1, 0.15) is 10.4 Å². The van der Waals surface area contributed by atoms with E-state index in [0.717, 1.165) is 0 Å². The summed E-state index contributed by atoms with van der Waals surface area (Å²) in [4.78, 5) is 11.9. The number of rotatable bonds is 5. The summed E-state index contributed by atoms with van der Waals surface area (Å²) >= 11 is 0. The number of Topliss-reactive ketones (excluding diaryl/α,β-unsaturated/α-hetero) is 1. The predicted octanol–water partition coefficient (Wildman–Crippen LogP) is 0.643. The molecule has 0 radical (unpaired) electrons. The van der Waals surface area contributed by atoms with Crippen LogP contribution in [0.5, 0.6) is 5.75 Å². The highest BCUT2D eigenvalue weighted by molar-refractivity contribution is 6.00. The summed E-state index contributed by atoms with van der Waals surface area (Å²) in [5.74, 6) is 0.686. The number of hydrogen-bond donors (Lipinski definition) is 2. The second-order valence-corrected chi connectivity index (χ2v) is 3.11. The van der Waals surface area contributed by atoms with Gasteiger partial charge in [-0.2, -0.15) is 0 Å². The van der Waals surface area contributed by atoms with E-state index < -0.39 is 0 Å². The Morgan fingerprint density at radius 1 is 1.33 bits per heavy atom. The minimum absolute atomic E-state index is 0.00102. The fraction of sp³-hybridized carbons (Fsp3) is 0.364. The van der Waals surface area contributed by atoms with Gasteiger partial charge in [-0.1, -0.05) is 12.1 Å². The molecule has 2 N–H and O–H groups in total. The number of carbonyl (C=O) groups excluding carboxylic acids is 1. The molecule has 82 valence electrons. The Labute approximate surface area is 89.6 Å². The molecule has 1 aromatic rings. The Morgan fingerprint density at radius 3 is 2.53 bits per heavy atom. The first-order valence-electron chi connectivity index (χ1n) is 4.75. The van der Waals surface area contributed by atoms with Crippen LogP contribution in [0.15, 0.2) is 24.3 Å². The predicted molar refractivity (Wildman–Crippen MR) is 59.2 cm³/mol. The smallest absolute Gasteiger partial charge is 0.194 e. The van der Waals surface area contributed by atoms with Gasteiger partial charge in [-0.05, 0) is 26.2 Å². The first-order valence-corrected chi connectivity index (χ1v) is 4.75. The van der Waals surface area contributed by atoms with Crippen molar-refractivity contribution in [3.8, 4) is 5.75 Å².